The number of hydrogen-bond donors (Lipinski definition) is 1. The van der Waals surface area contributed by atoms with Crippen LogP contribution >= 0.6 is 11.3 Å². The van der Waals surface area contributed by atoms with E-state index in [0.717, 1.165) is 21.7 Å². The van der Waals surface area contributed by atoms with Crippen molar-refractivity contribution in [2.45, 2.75) is 0 Å². The third-order valence-electron chi connectivity index (χ3n) is 6.13. The number of nitro benzene ring substituents is 2. The van der Waals surface area contributed by atoms with E-state index in [4.69, 9.17) is 9.40 Å². The number of nitro groups is 2. The van der Waals surface area contributed by atoms with Gasteiger partial charge in [-0.15, -0.1) is 16.4 Å². The molecule has 190 valence electrons. The summed E-state index contributed by atoms with van der Waals surface area (Å²) >= 11 is 1.40. The molecular weight excluding hydrogens is 518 g/mol. The standard InChI is InChI=1S/C28H17N5O5S/c34-32(35)20-10-5-18(6-11-20)25-16-39-28(29-25)24-15-23-22-4-2-1-3-17(22)7-14-26(23)38-27(24)31-30-19-8-12-21(13-9-19)33(36)37/h1-16,30H/b31-27-. The minimum Gasteiger partial charge on any atom is -0.436 e. The second kappa shape index (κ2) is 9.80. The third kappa shape index (κ3) is 4.69. The molecule has 6 aromatic rings. The van der Waals surface area contributed by atoms with E-state index in [1.165, 1.54) is 35.6 Å². The van der Waals surface area contributed by atoms with Crippen LogP contribution in [0.25, 0.3) is 43.6 Å². The van der Waals surface area contributed by atoms with Crippen molar-refractivity contribution in [1.82, 2.24) is 4.98 Å². The van der Waals surface area contributed by atoms with Crippen molar-refractivity contribution in [2.75, 3.05) is 5.43 Å². The largest absolute Gasteiger partial charge is 0.436 e. The van der Waals surface area contributed by atoms with Crippen LogP contribution in [0.2, 0.25) is 0 Å². The van der Waals surface area contributed by atoms with Gasteiger partial charge in [-0.1, -0.05) is 30.3 Å². The summed E-state index contributed by atoms with van der Waals surface area (Å²) in [5.74, 6) is 0. The summed E-state index contributed by atoms with van der Waals surface area (Å²) in [6, 6.07) is 25.9. The van der Waals surface area contributed by atoms with Crippen LogP contribution < -0.4 is 11.0 Å². The molecule has 1 N–H and O–H groups in total. The average Bonchev–Trinajstić information content (AvgIpc) is 3.46. The Balaban J connectivity index is 1.47. The molecule has 0 aliphatic carbocycles. The Hall–Kier alpha value is -5.42. The Kier molecular flexibility index (Phi) is 6.02. The Labute approximate surface area is 223 Å². The number of hydrogen-bond acceptors (Lipinski definition) is 9. The lowest BCUT2D eigenvalue weighted by Crippen LogP contribution is -2.09. The maximum Gasteiger partial charge on any atom is 0.269 e. The molecule has 0 bridgehead atoms. The van der Waals surface area contributed by atoms with Crippen molar-refractivity contribution in [2.24, 2.45) is 5.10 Å². The third-order valence-corrected chi connectivity index (χ3v) is 7.01. The molecule has 0 aliphatic rings. The highest BCUT2D eigenvalue weighted by molar-refractivity contribution is 7.13. The van der Waals surface area contributed by atoms with Gasteiger partial charge >= 0.3 is 0 Å². The highest BCUT2D eigenvalue weighted by Gasteiger charge is 2.15. The van der Waals surface area contributed by atoms with Gasteiger partial charge in [-0.25, -0.2) is 4.98 Å². The smallest absolute Gasteiger partial charge is 0.269 e. The van der Waals surface area contributed by atoms with Crippen LogP contribution in [0.1, 0.15) is 0 Å². The van der Waals surface area contributed by atoms with Crippen molar-refractivity contribution in [3.63, 3.8) is 0 Å². The van der Waals surface area contributed by atoms with Gasteiger partial charge in [-0.2, -0.15) is 0 Å². The summed E-state index contributed by atoms with van der Waals surface area (Å²) in [4.78, 5) is 25.9. The maximum absolute atomic E-state index is 11.0. The molecule has 0 atom stereocenters. The topological polar surface area (TPSA) is 137 Å². The first-order valence-corrected chi connectivity index (χ1v) is 12.5. The van der Waals surface area contributed by atoms with Gasteiger partial charge in [0.2, 0.25) is 5.55 Å². The predicted octanol–water partition coefficient (Wildman–Crippen LogP) is 7.12. The molecule has 2 aromatic heterocycles. The molecule has 0 spiro atoms. The van der Waals surface area contributed by atoms with Crippen molar-refractivity contribution in [1.29, 1.82) is 0 Å². The zero-order valence-corrected chi connectivity index (χ0v) is 20.8. The lowest BCUT2D eigenvalue weighted by atomic mass is 10.0. The number of benzene rings is 4. The second-order valence-electron chi connectivity index (χ2n) is 8.53. The van der Waals surface area contributed by atoms with Gasteiger partial charge in [-0.05, 0) is 47.2 Å². The van der Waals surface area contributed by atoms with Crippen LogP contribution in [0, 0.1) is 20.2 Å². The highest BCUT2D eigenvalue weighted by Crippen LogP contribution is 2.32. The maximum atomic E-state index is 11.0. The molecule has 0 aliphatic heterocycles. The van der Waals surface area contributed by atoms with Crippen LogP contribution in [-0.2, 0) is 0 Å². The summed E-state index contributed by atoms with van der Waals surface area (Å²) in [5, 5.41) is 32.0. The molecular formula is C28H17N5O5S. The normalized spacial score (nSPS) is 11.6. The van der Waals surface area contributed by atoms with Crippen LogP contribution in [0.15, 0.2) is 106 Å². The summed E-state index contributed by atoms with van der Waals surface area (Å²) in [6.07, 6.45) is 0. The summed E-state index contributed by atoms with van der Waals surface area (Å²) < 4.78 is 6.25. The van der Waals surface area contributed by atoms with Gasteiger partial charge in [-0.3, -0.25) is 25.7 Å². The lowest BCUT2D eigenvalue weighted by Gasteiger charge is -2.07. The molecule has 0 saturated carbocycles. The van der Waals surface area contributed by atoms with E-state index in [1.54, 1.807) is 24.3 Å². The van der Waals surface area contributed by atoms with Crippen molar-refractivity contribution >= 4 is 50.1 Å². The van der Waals surface area contributed by atoms with Crippen molar-refractivity contribution in [3.8, 4) is 21.8 Å². The summed E-state index contributed by atoms with van der Waals surface area (Å²) in [5.41, 5.74) is 6.41. The molecule has 0 unspecified atom stereocenters. The Morgan fingerprint density at radius 2 is 1.51 bits per heavy atom. The van der Waals surface area contributed by atoms with Crippen LogP contribution in [0.5, 0.6) is 0 Å². The number of nitrogens with one attached hydrogen (secondary N) is 1. The second-order valence-corrected chi connectivity index (χ2v) is 9.39. The number of anilines is 1. The molecule has 11 heteroatoms. The molecule has 2 heterocycles. The number of thiazole rings is 1. The molecule has 0 saturated heterocycles. The van der Waals surface area contributed by atoms with Gasteiger partial charge < -0.3 is 4.42 Å². The molecule has 39 heavy (non-hydrogen) atoms. The predicted molar refractivity (Wildman–Crippen MR) is 149 cm³/mol. The Morgan fingerprint density at radius 1 is 0.821 bits per heavy atom. The number of rotatable bonds is 6. The summed E-state index contributed by atoms with van der Waals surface area (Å²) in [6.45, 7) is 0. The number of fused-ring (bicyclic) bond motifs is 3. The van der Waals surface area contributed by atoms with Gasteiger partial charge in [0.05, 0.1) is 26.8 Å². The van der Waals surface area contributed by atoms with E-state index < -0.39 is 9.85 Å². The van der Waals surface area contributed by atoms with Gasteiger partial charge in [0.1, 0.15) is 10.6 Å². The van der Waals surface area contributed by atoms with Crippen LogP contribution in [-0.4, -0.2) is 14.8 Å². The quantitative estimate of drug-likeness (QED) is 0.136. The van der Waals surface area contributed by atoms with E-state index >= 15 is 0 Å². The molecule has 0 fully saturated rings. The van der Waals surface area contributed by atoms with E-state index in [0.29, 0.717) is 27.5 Å². The fourth-order valence-corrected chi connectivity index (χ4v) is 5.01. The van der Waals surface area contributed by atoms with Gasteiger partial charge in [0.15, 0.2) is 0 Å². The average molecular weight is 536 g/mol. The fraction of sp³-hybridized carbons (Fsp3) is 0. The van der Waals surface area contributed by atoms with Crippen LogP contribution in [0.4, 0.5) is 17.1 Å². The SMILES string of the molecule is O=[N+]([O-])c1ccc(N/N=c2\oc3ccc4ccccc4c3cc2-c2nc(-c3ccc([N+](=O)[O-])cc3)cs2)cc1. The van der Waals surface area contributed by atoms with Gasteiger partial charge in [0.25, 0.3) is 11.4 Å². The highest BCUT2D eigenvalue weighted by atomic mass is 32.1. The molecule has 6 rings (SSSR count). The molecule has 0 radical (unpaired) electrons. The number of non-ortho nitro benzene ring substituents is 2. The summed E-state index contributed by atoms with van der Waals surface area (Å²) in [7, 11) is 0. The zero-order chi connectivity index (χ0) is 26.9. The van der Waals surface area contributed by atoms with E-state index in [9.17, 15) is 20.2 Å². The molecule has 10 nitrogen and oxygen atoms in total. The van der Waals surface area contributed by atoms with Crippen LogP contribution in [0.3, 0.4) is 0 Å². The monoisotopic (exact) mass is 535 g/mol. The molecule has 0 amide bonds. The van der Waals surface area contributed by atoms with Gasteiger partial charge in [0, 0.05) is 40.6 Å². The van der Waals surface area contributed by atoms with Crippen molar-refractivity contribution < 1.29 is 14.3 Å². The Bertz CT molecular complexity index is 1950. The van der Waals surface area contributed by atoms with E-state index in [1.807, 2.05) is 47.8 Å². The Morgan fingerprint density at radius 3 is 2.23 bits per heavy atom. The zero-order valence-electron chi connectivity index (χ0n) is 20.0. The number of nitrogens with zero attached hydrogens (tertiary/aromatic N) is 4. The minimum absolute atomic E-state index is 0.00724. The first kappa shape index (κ1) is 23.9. The minimum atomic E-state index is -0.465. The molecule has 4 aromatic carbocycles. The van der Waals surface area contributed by atoms with E-state index in [-0.39, 0.29) is 16.9 Å². The lowest BCUT2D eigenvalue weighted by molar-refractivity contribution is -0.385. The van der Waals surface area contributed by atoms with E-state index in [2.05, 4.69) is 10.5 Å². The first-order valence-electron chi connectivity index (χ1n) is 11.7. The number of aromatic nitrogens is 1. The van der Waals surface area contributed by atoms with Crippen molar-refractivity contribution in [3.05, 3.63) is 122 Å². The fourth-order valence-electron chi connectivity index (χ4n) is 4.17. The first-order chi connectivity index (χ1) is 19.0.